The van der Waals surface area contributed by atoms with Gasteiger partial charge in [0.05, 0.1) is 18.2 Å². The lowest BCUT2D eigenvalue weighted by atomic mass is 9.57. The molecule has 0 aliphatic heterocycles. The number of hydrogen-bond donors (Lipinski definition) is 6. The number of nitrogens with two attached hydrogens (primary N) is 1. The fourth-order valence-corrected chi connectivity index (χ4v) is 6.81. The number of nitrogens with one attached hydrogen (secondary N) is 1. The molecule has 3 aliphatic carbocycles. The van der Waals surface area contributed by atoms with Crippen LogP contribution in [-0.4, -0.2) is 93.6 Å². The number of esters is 1. The van der Waals surface area contributed by atoms with Gasteiger partial charge in [-0.05, 0) is 74.7 Å². The number of aliphatic hydroxyl groups excluding tert-OH is 2. The van der Waals surface area contributed by atoms with Gasteiger partial charge < -0.3 is 36.2 Å². The number of ether oxygens (including phenoxy) is 1. The average Bonchev–Trinajstić information content (AvgIpc) is 2.97. The van der Waals surface area contributed by atoms with E-state index in [4.69, 9.17) is 10.5 Å². The van der Waals surface area contributed by atoms with Gasteiger partial charge in [0.2, 0.25) is 5.78 Å². The van der Waals surface area contributed by atoms with Crippen molar-refractivity contribution in [2.24, 2.45) is 17.6 Å². The molecular formula is C32H33N3O10. The van der Waals surface area contributed by atoms with Gasteiger partial charge in [0.25, 0.3) is 11.8 Å². The van der Waals surface area contributed by atoms with E-state index in [0.717, 1.165) is 0 Å². The number of phenolic OH excluding ortho intramolecular Hbond substituents is 1. The fraction of sp³-hybridized carbons (Fsp3) is 0.344. The maximum atomic E-state index is 14.0. The van der Waals surface area contributed by atoms with E-state index in [0.29, 0.717) is 16.7 Å². The molecule has 0 aromatic heterocycles. The monoisotopic (exact) mass is 619 g/mol. The van der Waals surface area contributed by atoms with Crippen LogP contribution in [0.4, 0.5) is 0 Å². The molecule has 4 atom stereocenters. The Morgan fingerprint density at radius 2 is 1.82 bits per heavy atom. The van der Waals surface area contributed by atoms with Crippen LogP contribution in [-0.2, 0) is 30.3 Å². The molecule has 7 N–H and O–H groups in total. The summed E-state index contributed by atoms with van der Waals surface area (Å²) in [4.78, 5) is 65.4. The average molecular weight is 620 g/mol. The van der Waals surface area contributed by atoms with Crippen molar-refractivity contribution < 1.29 is 49.1 Å². The highest BCUT2D eigenvalue weighted by molar-refractivity contribution is 6.24. The maximum Gasteiger partial charge on any atom is 0.325 e. The first-order valence-electron chi connectivity index (χ1n) is 14.3. The molecule has 0 bridgehead atoms. The summed E-state index contributed by atoms with van der Waals surface area (Å²) in [6.45, 7) is 1.50. The van der Waals surface area contributed by atoms with Crippen molar-refractivity contribution in [1.29, 1.82) is 0 Å². The van der Waals surface area contributed by atoms with Crippen molar-refractivity contribution in [3.63, 3.8) is 0 Å². The van der Waals surface area contributed by atoms with Crippen LogP contribution in [0.15, 0.2) is 53.3 Å². The number of benzene rings is 2. The highest BCUT2D eigenvalue weighted by Gasteiger charge is 2.64. The second kappa shape index (κ2) is 11.5. The zero-order valence-corrected chi connectivity index (χ0v) is 24.8. The minimum atomic E-state index is -2.73. The van der Waals surface area contributed by atoms with Gasteiger partial charge in [-0.1, -0.05) is 18.2 Å². The quantitative estimate of drug-likeness (QED) is 0.189. The van der Waals surface area contributed by atoms with E-state index < -0.39 is 69.9 Å². The van der Waals surface area contributed by atoms with Crippen molar-refractivity contribution in [2.45, 2.75) is 31.4 Å². The number of aromatic hydroxyl groups is 1. The molecule has 236 valence electrons. The minimum absolute atomic E-state index is 0.0584. The van der Waals surface area contributed by atoms with Gasteiger partial charge in [0, 0.05) is 17.1 Å². The first kappa shape index (κ1) is 31.4. The summed E-state index contributed by atoms with van der Waals surface area (Å²) in [6, 6.07) is 8.18. The lowest BCUT2D eigenvalue weighted by molar-refractivity contribution is -0.153. The number of phenols is 1. The summed E-state index contributed by atoms with van der Waals surface area (Å²) in [5.41, 5.74) is 3.17. The molecule has 3 aliphatic rings. The van der Waals surface area contributed by atoms with E-state index in [-0.39, 0.29) is 48.4 Å². The molecule has 0 heterocycles. The summed E-state index contributed by atoms with van der Waals surface area (Å²) in [7, 11) is 3.05. The highest BCUT2D eigenvalue weighted by Crippen LogP contribution is 2.53. The van der Waals surface area contributed by atoms with Crippen LogP contribution in [0.3, 0.4) is 0 Å². The molecule has 0 saturated heterocycles. The lowest BCUT2D eigenvalue weighted by Gasteiger charge is -2.50. The van der Waals surface area contributed by atoms with Crippen LogP contribution < -0.4 is 11.1 Å². The SMILES string of the molecule is CCOC(=O)CNC(=O)c1cccc(-c2ccc(O)c3c2C[C@@H]2C[C@@H]4C(N(C)C)C(=O)C(C(N)=O)=C(O)[C@]4(O)C(=O)C2=C3O)c1. The van der Waals surface area contributed by atoms with E-state index in [9.17, 15) is 44.4 Å². The molecule has 2 aromatic carbocycles. The Morgan fingerprint density at radius 3 is 2.47 bits per heavy atom. The Hall–Kier alpha value is -5.01. The first-order chi connectivity index (χ1) is 21.2. The van der Waals surface area contributed by atoms with E-state index in [1.54, 1.807) is 37.3 Å². The van der Waals surface area contributed by atoms with Crippen LogP contribution in [0.1, 0.15) is 34.8 Å². The normalized spacial score (nSPS) is 24.2. The predicted molar refractivity (Wildman–Crippen MR) is 159 cm³/mol. The molecule has 13 heteroatoms. The molecule has 5 rings (SSSR count). The number of Topliss-reactive ketones (excluding diaryl/α,β-unsaturated/α-hetero) is 2. The Bertz CT molecular complexity index is 1730. The molecule has 1 unspecified atom stereocenters. The van der Waals surface area contributed by atoms with Gasteiger partial charge in [0.1, 0.15) is 29.4 Å². The smallest absolute Gasteiger partial charge is 0.325 e. The molecule has 2 amide bonds. The van der Waals surface area contributed by atoms with Crippen LogP contribution in [0.5, 0.6) is 5.75 Å². The third kappa shape index (κ3) is 4.93. The standard InChI is InChI=1S/C32H33N3O10/c1-4-45-21(37)13-34-31(43)15-7-5-6-14(10-15)17-8-9-20(36)23-18(17)11-16-12-19-25(35(2)3)27(39)24(30(33)42)29(41)32(19,44)28(40)22(16)26(23)38/h5-10,16,19,25,36,38,41,44H,4,11-13H2,1-3H3,(H2,33,42)(H,34,43)/t16-,19-,25?,32-/m1/s1. The molecule has 2 aromatic rings. The van der Waals surface area contributed by atoms with Gasteiger partial charge in [0.15, 0.2) is 11.4 Å². The lowest BCUT2D eigenvalue weighted by Crippen LogP contribution is -2.65. The summed E-state index contributed by atoms with van der Waals surface area (Å²) in [5, 5.41) is 47.6. The topological polar surface area (TPSA) is 217 Å². The number of fused-ring (bicyclic) bond motifs is 3. The van der Waals surface area contributed by atoms with Gasteiger partial charge in [-0.25, -0.2) is 0 Å². The van der Waals surface area contributed by atoms with Crippen molar-refractivity contribution in [3.05, 3.63) is 70.0 Å². The van der Waals surface area contributed by atoms with Crippen molar-refractivity contribution in [3.8, 4) is 16.9 Å². The molecular weight excluding hydrogens is 586 g/mol. The number of rotatable bonds is 7. The summed E-state index contributed by atoms with van der Waals surface area (Å²) in [5.74, 6) is -8.46. The third-order valence-corrected chi connectivity index (χ3v) is 8.74. The van der Waals surface area contributed by atoms with Gasteiger partial charge >= 0.3 is 5.97 Å². The highest BCUT2D eigenvalue weighted by atomic mass is 16.5. The van der Waals surface area contributed by atoms with Gasteiger partial charge in [-0.2, -0.15) is 0 Å². The molecule has 45 heavy (non-hydrogen) atoms. The molecule has 1 fully saturated rings. The van der Waals surface area contributed by atoms with Crippen LogP contribution in [0.2, 0.25) is 0 Å². The van der Waals surface area contributed by atoms with Crippen molar-refractivity contribution in [1.82, 2.24) is 10.2 Å². The zero-order valence-electron chi connectivity index (χ0n) is 24.8. The number of primary amides is 1. The van der Waals surface area contributed by atoms with E-state index >= 15 is 0 Å². The van der Waals surface area contributed by atoms with Crippen LogP contribution in [0, 0.1) is 11.8 Å². The number of carbonyl (C=O) groups excluding carboxylic acids is 5. The second-order valence-electron chi connectivity index (χ2n) is 11.5. The third-order valence-electron chi connectivity index (χ3n) is 8.74. The van der Waals surface area contributed by atoms with Crippen LogP contribution >= 0.6 is 0 Å². The minimum Gasteiger partial charge on any atom is -0.508 e. The Kier molecular flexibility index (Phi) is 8.02. The summed E-state index contributed by atoms with van der Waals surface area (Å²) >= 11 is 0. The molecule has 0 radical (unpaired) electrons. The predicted octanol–water partition coefficient (Wildman–Crippen LogP) is 0.924. The van der Waals surface area contributed by atoms with Crippen molar-refractivity contribution >= 4 is 35.1 Å². The van der Waals surface area contributed by atoms with Gasteiger partial charge in [-0.3, -0.25) is 28.9 Å². The number of likely N-dealkylation sites (N-methyl/N-ethyl adjacent to an activating group) is 1. The number of carbonyl (C=O) groups is 5. The Morgan fingerprint density at radius 1 is 1.11 bits per heavy atom. The second-order valence-corrected chi connectivity index (χ2v) is 11.5. The van der Waals surface area contributed by atoms with E-state index in [1.807, 2.05) is 0 Å². The number of amides is 2. The maximum absolute atomic E-state index is 14.0. The first-order valence-corrected chi connectivity index (χ1v) is 14.3. The Labute approximate surface area is 257 Å². The van der Waals surface area contributed by atoms with E-state index in [1.165, 1.54) is 25.1 Å². The van der Waals surface area contributed by atoms with Crippen LogP contribution in [0.25, 0.3) is 16.9 Å². The molecule has 0 spiro atoms. The number of aliphatic hydroxyl groups is 3. The largest absolute Gasteiger partial charge is 0.508 e. The number of hydrogen-bond acceptors (Lipinski definition) is 11. The Balaban J connectivity index is 1.60. The molecule has 1 saturated carbocycles. The summed E-state index contributed by atoms with van der Waals surface area (Å²) in [6.07, 6.45) is 0.0225. The number of nitrogens with zero attached hydrogens (tertiary/aromatic N) is 1. The van der Waals surface area contributed by atoms with Crippen molar-refractivity contribution in [2.75, 3.05) is 27.2 Å². The molecule has 13 nitrogen and oxygen atoms in total. The zero-order chi connectivity index (χ0) is 33.0. The summed E-state index contributed by atoms with van der Waals surface area (Å²) < 4.78 is 4.84. The van der Waals surface area contributed by atoms with E-state index in [2.05, 4.69) is 5.32 Å². The van der Waals surface area contributed by atoms with Gasteiger partial charge in [-0.15, -0.1) is 0 Å². The fourth-order valence-electron chi connectivity index (χ4n) is 6.81. The number of ketones is 2.